The molecule has 0 aliphatic carbocycles. The van der Waals surface area contributed by atoms with Crippen molar-refractivity contribution in [1.29, 1.82) is 0 Å². The Morgan fingerprint density at radius 1 is 0.947 bits per heavy atom. The minimum Gasteiger partial charge on any atom is -0.325 e. The highest BCUT2D eigenvalue weighted by Crippen LogP contribution is 2.19. The lowest BCUT2D eigenvalue weighted by Gasteiger charge is -2.26. The van der Waals surface area contributed by atoms with Gasteiger partial charge in [0.05, 0.1) is 0 Å². The van der Waals surface area contributed by atoms with Gasteiger partial charge < -0.3 is 10.2 Å². The van der Waals surface area contributed by atoms with Crippen LogP contribution >= 0.6 is 0 Å². The summed E-state index contributed by atoms with van der Waals surface area (Å²) in [5.41, 5.74) is 0.870. The molecule has 3 rings (SSSR count). The van der Waals surface area contributed by atoms with E-state index in [1.165, 1.54) is 11.8 Å². The monoisotopic (exact) mass is 254 g/mol. The normalized spacial score (nSPS) is 15.5. The molecule has 0 spiro atoms. The maximum Gasteiger partial charge on any atom is 0.321 e. The number of carbonyl (C=O) groups is 1. The van der Waals surface area contributed by atoms with E-state index in [1.54, 1.807) is 0 Å². The quantitative estimate of drug-likeness (QED) is 0.823. The van der Waals surface area contributed by atoms with Gasteiger partial charge in [0.1, 0.15) is 0 Å². The Morgan fingerprint density at radius 2 is 1.68 bits per heavy atom. The van der Waals surface area contributed by atoms with Crippen molar-refractivity contribution in [3.05, 3.63) is 42.5 Å². The summed E-state index contributed by atoms with van der Waals surface area (Å²) < 4.78 is 0. The van der Waals surface area contributed by atoms with Crippen LogP contribution in [0.3, 0.4) is 0 Å². The van der Waals surface area contributed by atoms with Crippen molar-refractivity contribution in [2.24, 2.45) is 0 Å². The molecule has 1 saturated heterocycles. The summed E-state index contributed by atoms with van der Waals surface area (Å²) in [6.07, 6.45) is 3.47. The van der Waals surface area contributed by atoms with Gasteiger partial charge in [0.15, 0.2) is 0 Å². The van der Waals surface area contributed by atoms with Gasteiger partial charge in [-0.15, -0.1) is 0 Å². The minimum absolute atomic E-state index is 0.0231. The van der Waals surface area contributed by atoms with E-state index in [0.717, 1.165) is 37.0 Å². The van der Waals surface area contributed by atoms with Crippen LogP contribution in [0.5, 0.6) is 0 Å². The van der Waals surface area contributed by atoms with Crippen LogP contribution < -0.4 is 5.32 Å². The number of likely N-dealkylation sites (tertiary alicyclic amines) is 1. The molecular weight excluding hydrogens is 236 g/mol. The molecule has 1 aliphatic heterocycles. The smallest absolute Gasteiger partial charge is 0.321 e. The van der Waals surface area contributed by atoms with E-state index in [4.69, 9.17) is 0 Å². The van der Waals surface area contributed by atoms with Crippen LogP contribution in [0, 0.1) is 0 Å². The highest BCUT2D eigenvalue weighted by atomic mass is 16.2. The number of fused-ring (bicyclic) bond motifs is 1. The SMILES string of the molecule is O=C(Nc1ccc2ccccc2c1)N1CCCCC1. The molecule has 1 N–H and O–H groups in total. The number of anilines is 1. The molecule has 2 aromatic carbocycles. The van der Waals surface area contributed by atoms with E-state index >= 15 is 0 Å². The van der Waals surface area contributed by atoms with Crippen LogP contribution in [0.1, 0.15) is 19.3 Å². The van der Waals surface area contributed by atoms with Gasteiger partial charge in [-0.25, -0.2) is 4.79 Å². The van der Waals surface area contributed by atoms with Crippen molar-refractivity contribution in [1.82, 2.24) is 4.90 Å². The Balaban J connectivity index is 1.75. The third kappa shape index (κ3) is 2.70. The van der Waals surface area contributed by atoms with Gasteiger partial charge in [0.25, 0.3) is 0 Å². The first kappa shape index (κ1) is 12.0. The molecule has 0 saturated carbocycles. The van der Waals surface area contributed by atoms with Gasteiger partial charge in [0, 0.05) is 18.8 Å². The highest BCUT2D eigenvalue weighted by Gasteiger charge is 2.16. The lowest BCUT2D eigenvalue weighted by Crippen LogP contribution is -2.38. The van der Waals surface area contributed by atoms with Crippen molar-refractivity contribution in [3.63, 3.8) is 0 Å². The predicted molar refractivity (Wildman–Crippen MR) is 78.4 cm³/mol. The van der Waals surface area contributed by atoms with Crippen LogP contribution in [0.15, 0.2) is 42.5 Å². The van der Waals surface area contributed by atoms with Crippen molar-refractivity contribution in [2.75, 3.05) is 18.4 Å². The molecule has 1 aliphatic rings. The second-order valence-electron chi connectivity index (χ2n) is 5.04. The van der Waals surface area contributed by atoms with Gasteiger partial charge >= 0.3 is 6.03 Å². The van der Waals surface area contributed by atoms with Gasteiger partial charge in [-0.3, -0.25) is 0 Å². The molecule has 0 radical (unpaired) electrons. The van der Waals surface area contributed by atoms with Crippen molar-refractivity contribution < 1.29 is 4.79 Å². The van der Waals surface area contributed by atoms with E-state index in [9.17, 15) is 4.79 Å². The average molecular weight is 254 g/mol. The number of piperidine rings is 1. The lowest BCUT2D eigenvalue weighted by molar-refractivity contribution is 0.200. The van der Waals surface area contributed by atoms with E-state index in [1.807, 2.05) is 35.2 Å². The molecule has 98 valence electrons. The first-order valence-corrected chi connectivity index (χ1v) is 6.88. The molecule has 0 aromatic heterocycles. The molecule has 2 aromatic rings. The van der Waals surface area contributed by atoms with E-state index in [-0.39, 0.29) is 6.03 Å². The summed E-state index contributed by atoms with van der Waals surface area (Å²) >= 11 is 0. The van der Waals surface area contributed by atoms with Crippen LogP contribution in [0.2, 0.25) is 0 Å². The number of hydrogen-bond donors (Lipinski definition) is 1. The van der Waals surface area contributed by atoms with E-state index in [2.05, 4.69) is 17.4 Å². The van der Waals surface area contributed by atoms with Gasteiger partial charge in [0.2, 0.25) is 0 Å². The number of hydrogen-bond acceptors (Lipinski definition) is 1. The zero-order valence-electron chi connectivity index (χ0n) is 10.9. The lowest BCUT2D eigenvalue weighted by atomic mass is 10.1. The number of urea groups is 1. The standard InChI is InChI=1S/C16H18N2O/c19-16(18-10-4-1-5-11-18)17-15-9-8-13-6-2-3-7-14(13)12-15/h2-3,6-9,12H,1,4-5,10-11H2,(H,17,19). The Morgan fingerprint density at radius 3 is 2.47 bits per heavy atom. The zero-order chi connectivity index (χ0) is 13.1. The summed E-state index contributed by atoms with van der Waals surface area (Å²) in [5.74, 6) is 0. The van der Waals surface area contributed by atoms with Gasteiger partial charge in [-0.2, -0.15) is 0 Å². The second-order valence-corrected chi connectivity index (χ2v) is 5.04. The number of rotatable bonds is 1. The largest absolute Gasteiger partial charge is 0.325 e. The number of amides is 2. The average Bonchev–Trinajstić information content (AvgIpc) is 2.48. The van der Waals surface area contributed by atoms with E-state index < -0.39 is 0 Å². The molecule has 3 nitrogen and oxygen atoms in total. The number of nitrogens with zero attached hydrogens (tertiary/aromatic N) is 1. The number of benzene rings is 2. The Kier molecular flexibility index (Phi) is 3.36. The fourth-order valence-electron chi connectivity index (χ4n) is 2.57. The zero-order valence-corrected chi connectivity index (χ0v) is 10.9. The van der Waals surface area contributed by atoms with Crippen LogP contribution in [-0.4, -0.2) is 24.0 Å². The van der Waals surface area contributed by atoms with Crippen LogP contribution in [0.4, 0.5) is 10.5 Å². The van der Waals surface area contributed by atoms with Crippen molar-refractivity contribution >= 4 is 22.5 Å². The summed E-state index contributed by atoms with van der Waals surface area (Å²) in [6, 6.07) is 14.2. The topological polar surface area (TPSA) is 32.3 Å². The summed E-state index contributed by atoms with van der Waals surface area (Å²) in [4.78, 5) is 14.0. The molecule has 0 bridgehead atoms. The molecule has 0 atom stereocenters. The molecule has 0 unspecified atom stereocenters. The van der Waals surface area contributed by atoms with Crippen LogP contribution in [0.25, 0.3) is 10.8 Å². The van der Waals surface area contributed by atoms with Crippen LogP contribution in [-0.2, 0) is 0 Å². The molecule has 1 fully saturated rings. The Labute approximate surface area is 113 Å². The fourth-order valence-corrected chi connectivity index (χ4v) is 2.57. The summed E-state index contributed by atoms with van der Waals surface area (Å²) in [6.45, 7) is 1.75. The first-order chi connectivity index (χ1) is 9.33. The van der Waals surface area contributed by atoms with Crippen molar-refractivity contribution in [2.45, 2.75) is 19.3 Å². The predicted octanol–water partition coefficient (Wildman–Crippen LogP) is 3.86. The highest BCUT2D eigenvalue weighted by molar-refractivity contribution is 5.93. The third-order valence-corrected chi connectivity index (χ3v) is 3.64. The molecule has 3 heteroatoms. The molecule has 1 heterocycles. The fraction of sp³-hybridized carbons (Fsp3) is 0.312. The molecule has 2 amide bonds. The first-order valence-electron chi connectivity index (χ1n) is 6.88. The summed E-state index contributed by atoms with van der Waals surface area (Å²) in [5, 5.41) is 5.34. The van der Waals surface area contributed by atoms with Gasteiger partial charge in [-0.05, 0) is 42.2 Å². The van der Waals surface area contributed by atoms with Gasteiger partial charge in [-0.1, -0.05) is 30.3 Å². The Hall–Kier alpha value is -2.03. The number of carbonyl (C=O) groups excluding carboxylic acids is 1. The molecular formula is C16H18N2O. The maximum atomic E-state index is 12.1. The third-order valence-electron chi connectivity index (χ3n) is 3.64. The van der Waals surface area contributed by atoms with Crippen molar-refractivity contribution in [3.8, 4) is 0 Å². The molecule has 19 heavy (non-hydrogen) atoms. The minimum atomic E-state index is 0.0231. The number of nitrogens with one attached hydrogen (secondary N) is 1. The summed E-state index contributed by atoms with van der Waals surface area (Å²) in [7, 11) is 0. The van der Waals surface area contributed by atoms with E-state index in [0.29, 0.717) is 0 Å². The maximum absolute atomic E-state index is 12.1. The second kappa shape index (κ2) is 5.31. The Bertz CT molecular complexity index is 588.